The summed E-state index contributed by atoms with van der Waals surface area (Å²) in [6.07, 6.45) is 0.816. The number of hydrogen-bond acceptors (Lipinski definition) is 1. The zero-order valence-electron chi connectivity index (χ0n) is 4.86. The van der Waals surface area contributed by atoms with Crippen molar-refractivity contribution in [2.45, 2.75) is 26.3 Å². The van der Waals surface area contributed by atoms with Crippen LogP contribution in [0.15, 0.2) is 0 Å². The quantitative estimate of drug-likeness (QED) is 0.480. The lowest BCUT2D eigenvalue weighted by atomic mass is 10.3. The van der Waals surface area contributed by atoms with E-state index in [2.05, 4.69) is 11.8 Å². The third-order valence-corrected chi connectivity index (χ3v) is 0.601. The molecule has 1 atom stereocenters. The van der Waals surface area contributed by atoms with Crippen LogP contribution in [0, 0.1) is 11.8 Å². The molecule has 40 valence electrons. The van der Waals surface area contributed by atoms with Gasteiger partial charge >= 0.3 is 0 Å². The Balaban J connectivity index is 3.08. The molecule has 0 radical (unpaired) electrons. The van der Waals surface area contributed by atoms with Crippen LogP contribution in [-0.2, 0) is 0 Å². The number of hydrogen-bond donors (Lipinski definition) is 1. The summed E-state index contributed by atoms with van der Waals surface area (Å²) in [5.41, 5.74) is 5.38. The summed E-state index contributed by atoms with van der Waals surface area (Å²) in [5.74, 6) is 5.64. The van der Waals surface area contributed by atoms with Crippen LogP contribution in [0.4, 0.5) is 0 Å². The predicted octanol–water partition coefficient (Wildman–Crippen LogP) is 0.747. The lowest BCUT2D eigenvalue weighted by molar-refractivity contribution is 0.770. The molecule has 0 aliphatic rings. The zero-order valence-corrected chi connectivity index (χ0v) is 4.86. The van der Waals surface area contributed by atoms with Crippen LogP contribution in [0.25, 0.3) is 0 Å². The standard InChI is InChI=1S/C6H11N/c1-3-4-5-6(2)7/h6H,5,7H2,1-2H3. The van der Waals surface area contributed by atoms with Crippen LogP contribution < -0.4 is 5.73 Å². The molecule has 0 aromatic rings. The lowest BCUT2D eigenvalue weighted by Gasteiger charge is -1.92. The Morgan fingerprint density at radius 3 is 2.43 bits per heavy atom. The van der Waals surface area contributed by atoms with Gasteiger partial charge in [-0.1, -0.05) is 0 Å². The number of nitrogens with two attached hydrogens (primary N) is 1. The van der Waals surface area contributed by atoms with E-state index in [1.807, 2.05) is 13.8 Å². The fourth-order valence-electron chi connectivity index (χ4n) is 0.263. The van der Waals surface area contributed by atoms with Gasteiger partial charge in [0.15, 0.2) is 0 Å². The highest BCUT2D eigenvalue weighted by molar-refractivity contribution is 4.96. The van der Waals surface area contributed by atoms with Gasteiger partial charge < -0.3 is 5.73 Å². The molecule has 2 N–H and O–H groups in total. The molecule has 1 heteroatoms. The molecule has 1 nitrogen and oxygen atoms in total. The maximum atomic E-state index is 5.38. The minimum Gasteiger partial charge on any atom is -0.327 e. The molecule has 0 aliphatic carbocycles. The number of rotatable bonds is 1. The van der Waals surface area contributed by atoms with Crippen LogP contribution in [0.5, 0.6) is 0 Å². The Kier molecular flexibility index (Phi) is 3.45. The molecule has 0 heterocycles. The summed E-state index contributed by atoms with van der Waals surface area (Å²) in [6, 6.07) is 0.229. The molecule has 0 fully saturated rings. The molecular formula is C6H11N. The van der Waals surface area contributed by atoms with Gasteiger partial charge in [-0.25, -0.2) is 0 Å². The van der Waals surface area contributed by atoms with E-state index in [1.54, 1.807) is 0 Å². The van der Waals surface area contributed by atoms with Crippen molar-refractivity contribution in [1.29, 1.82) is 0 Å². The van der Waals surface area contributed by atoms with Gasteiger partial charge in [0.2, 0.25) is 0 Å². The van der Waals surface area contributed by atoms with Gasteiger partial charge in [-0.3, -0.25) is 0 Å². The average Bonchev–Trinajstić information content (AvgIpc) is 1.61. The van der Waals surface area contributed by atoms with Crippen LogP contribution in [0.3, 0.4) is 0 Å². The summed E-state index contributed by atoms with van der Waals surface area (Å²) in [4.78, 5) is 0. The van der Waals surface area contributed by atoms with Crippen molar-refractivity contribution in [2.24, 2.45) is 5.73 Å². The molecule has 1 unspecified atom stereocenters. The molecule has 0 rings (SSSR count). The first-order valence-corrected chi connectivity index (χ1v) is 2.42. The normalized spacial score (nSPS) is 11.9. The average molecular weight is 97.2 g/mol. The molecule has 0 saturated heterocycles. The van der Waals surface area contributed by atoms with Crippen molar-refractivity contribution in [3.8, 4) is 11.8 Å². The highest BCUT2D eigenvalue weighted by Crippen LogP contribution is 1.79. The smallest absolute Gasteiger partial charge is 0.0238 e. The van der Waals surface area contributed by atoms with Crippen LogP contribution in [0.1, 0.15) is 20.3 Å². The van der Waals surface area contributed by atoms with E-state index in [9.17, 15) is 0 Å². The van der Waals surface area contributed by atoms with Gasteiger partial charge in [0.1, 0.15) is 0 Å². The fourth-order valence-corrected chi connectivity index (χ4v) is 0.263. The highest BCUT2D eigenvalue weighted by atomic mass is 14.6. The van der Waals surface area contributed by atoms with Gasteiger partial charge in [-0.2, -0.15) is 0 Å². The lowest BCUT2D eigenvalue weighted by Crippen LogP contribution is -2.12. The SMILES string of the molecule is CC#CCC(C)N. The predicted molar refractivity (Wildman–Crippen MR) is 31.7 cm³/mol. The summed E-state index contributed by atoms with van der Waals surface area (Å²) in [6.45, 7) is 3.77. The Morgan fingerprint density at radius 1 is 1.71 bits per heavy atom. The molecule has 0 amide bonds. The van der Waals surface area contributed by atoms with Crippen LogP contribution in [0.2, 0.25) is 0 Å². The largest absolute Gasteiger partial charge is 0.327 e. The van der Waals surface area contributed by atoms with E-state index in [0.717, 1.165) is 6.42 Å². The minimum absolute atomic E-state index is 0.229. The van der Waals surface area contributed by atoms with Gasteiger partial charge in [-0.15, -0.1) is 11.8 Å². The maximum absolute atomic E-state index is 5.38. The van der Waals surface area contributed by atoms with E-state index in [1.165, 1.54) is 0 Å². The van der Waals surface area contributed by atoms with Gasteiger partial charge in [-0.05, 0) is 13.8 Å². The fraction of sp³-hybridized carbons (Fsp3) is 0.667. The topological polar surface area (TPSA) is 26.0 Å². The Labute approximate surface area is 44.9 Å². The molecular weight excluding hydrogens is 86.1 g/mol. The highest BCUT2D eigenvalue weighted by Gasteiger charge is 1.83. The van der Waals surface area contributed by atoms with Crippen LogP contribution in [-0.4, -0.2) is 6.04 Å². The molecule has 0 bridgehead atoms. The van der Waals surface area contributed by atoms with Crippen molar-refractivity contribution < 1.29 is 0 Å². The third kappa shape index (κ3) is 5.52. The summed E-state index contributed by atoms with van der Waals surface area (Å²) < 4.78 is 0. The van der Waals surface area contributed by atoms with Gasteiger partial charge in [0.25, 0.3) is 0 Å². The Morgan fingerprint density at radius 2 is 2.29 bits per heavy atom. The molecule has 0 aliphatic heterocycles. The van der Waals surface area contributed by atoms with E-state index >= 15 is 0 Å². The molecule has 0 spiro atoms. The monoisotopic (exact) mass is 97.1 g/mol. The minimum atomic E-state index is 0.229. The van der Waals surface area contributed by atoms with E-state index in [-0.39, 0.29) is 6.04 Å². The molecule has 0 aromatic heterocycles. The van der Waals surface area contributed by atoms with Crippen molar-refractivity contribution in [3.05, 3.63) is 0 Å². The van der Waals surface area contributed by atoms with Crippen molar-refractivity contribution in [2.75, 3.05) is 0 Å². The van der Waals surface area contributed by atoms with E-state index in [4.69, 9.17) is 5.73 Å². The molecule has 0 aromatic carbocycles. The second-order valence-corrected chi connectivity index (χ2v) is 1.61. The summed E-state index contributed by atoms with van der Waals surface area (Å²) in [7, 11) is 0. The Bertz CT molecular complexity index is 84.1. The van der Waals surface area contributed by atoms with Crippen molar-refractivity contribution in [3.63, 3.8) is 0 Å². The second kappa shape index (κ2) is 3.70. The van der Waals surface area contributed by atoms with Crippen molar-refractivity contribution >= 4 is 0 Å². The van der Waals surface area contributed by atoms with E-state index in [0.29, 0.717) is 0 Å². The molecule has 0 saturated carbocycles. The second-order valence-electron chi connectivity index (χ2n) is 1.61. The first-order valence-electron chi connectivity index (χ1n) is 2.42. The third-order valence-electron chi connectivity index (χ3n) is 0.601. The van der Waals surface area contributed by atoms with E-state index < -0.39 is 0 Å². The van der Waals surface area contributed by atoms with Crippen molar-refractivity contribution in [1.82, 2.24) is 0 Å². The first-order chi connectivity index (χ1) is 3.27. The first kappa shape index (κ1) is 6.52. The maximum Gasteiger partial charge on any atom is 0.0238 e. The summed E-state index contributed by atoms with van der Waals surface area (Å²) >= 11 is 0. The zero-order chi connectivity index (χ0) is 5.70. The van der Waals surface area contributed by atoms with Gasteiger partial charge in [0, 0.05) is 12.5 Å². The molecule has 7 heavy (non-hydrogen) atoms. The van der Waals surface area contributed by atoms with Gasteiger partial charge in [0.05, 0.1) is 0 Å². The Hall–Kier alpha value is -0.480. The summed E-state index contributed by atoms with van der Waals surface area (Å²) in [5, 5.41) is 0. The van der Waals surface area contributed by atoms with Crippen LogP contribution >= 0.6 is 0 Å².